The van der Waals surface area contributed by atoms with Crippen LogP contribution in [0.15, 0.2) is 182 Å². The predicted molar refractivity (Wildman–Crippen MR) is 234 cm³/mol. The fraction of sp³-hybridized carbons (Fsp3) is 0.0204. The standard InChI is InChI=1S/2C18H11F4OP.C8H7.C5H5N.Re/c2*19-11-5-7-16(13(21)9-11)24(18-4-2-1-3-15(18)23)17-8-6-12(20)10-14(17)22;1-2-8-6-4-3-5-7-8;1-2-4-6-5-3-1;/h2*1-10,23H;3-7H,2H2;1-5H;/p+2. The minimum absolute atomic E-state index is 0.0772. The molecule has 3 nitrogen and oxygen atoms in total. The largest absolute Gasteiger partial charge is 0.265 e. The molecule has 2 N–H and O–H groups in total. The van der Waals surface area contributed by atoms with Crippen LogP contribution in [0.2, 0.25) is 0 Å². The average Bonchev–Trinajstić information content (AvgIpc) is 3.27. The van der Waals surface area contributed by atoms with Crippen LogP contribution >= 0.6 is 15.8 Å². The van der Waals surface area contributed by atoms with E-state index in [9.17, 15) is 45.3 Å². The zero-order valence-corrected chi connectivity index (χ0v) is 37.5. The van der Waals surface area contributed by atoms with Gasteiger partial charge in [-0.3, -0.25) is 4.98 Å². The zero-order valence-electron chi connectivity index (χ0n) is 32.8. The summed E-state index contributed by atoms with van der Waals surface area (Å²) in [6.45, 7) is 0. The summed E-state index contributed by atoms with van der Waals surface area (Å²) in [6, 6.07) is 40.5. The maximum Gasteiger partial charge on any atom is 0.0267 e. The van der Waals surface area contributed by atoms with Gasteiger partial charge in [-0.2, -0.15) is 0 Å². The van der Waals surface area contributed by atoms with Crippen molar-refractivity contribution in [1.82, 2.24) is 4.98 Å². The fourth-order valence-corrected chi connectivity index (χ4v) is 11.7. The van der Waals surface area contributed by atoms with E-state index >= 15 is 0 Å². The SMILES string of the molecule is Oc1ccccc1[PH+](c1ccc(F)cc1F)c1ccc(F)cc1F.Oc1ccccc1[PH+](c1ccc(F)cc1F)c1ccc(F)cc1F.[Re]#[C]Cc1ccccc1.c1ccncc1. The van der Waals surface area contributed by atoms with E-state index in [4.69, 9.17) is 0 Å². The third-order valence-corrected chi connectivity index (χ3v) is 15.0. The second-order valence-electron chi connectivity index (χ2n) is 13.1. The van der Waals surface area contributed by atoms with Gasteiger partial charge in [0.05, 0.1) is 0 Å². The van der Waals surface area contributed by atoms with Crippen molar-refractivity contribution in [3.05, 3.63) is 234 Å². The Hall–Kier alpha value is -5.97. The molecule has 8 aromatic rings. The number of nitrogens with zero attached hydrogens (tertiary/aromatic N) is 1. The Morgan fingerprint density at radius 2 is 0.714 bits per heavy atom. The molecular formula is C49H36F8NO2P2Re+2. The molecule has 0 aliphatic carbocycles. The van der Waals surface area contributed by atoms with Crippen LogP contribution in [-0.2, 0) is 25.0 Å². The molecule has 0 radical (unpaired) electrons. The van der Waals surface area contributed by atoms with Crippen molar-refractivity contribution in [2.75, 3.05) is 0 Å². The molecule has 63 heavy (non-hydrogen) atoms. The van der Waals surface area contributed by atoms with Crippen molar-refractivity contribution in [3.8, 4) is 15.8 Å². The van der Waals surface area contributed by atoms with Crippen molar-refractivity contribution in [3.63, 3.8) is 0 Å². The predicted octanol–water partition coefficient (Wildman–Crippen LogP) is 9.69. The molecule has 0 unspecified atom stereocenters. The van der Waals surface area contributed by atoms with Gasteiger partial charge < -0.3 is 10.2 Å². The van der Waals surface area contributed by atoms with Crippen LogP contribution in [-0.4, -0.2) is 15.2 Å². The van der Waals surface area contributed by atoms with E-state index in [0.29, 0.717) is 34.9 Å². The number of benzene rings is 7. The van der Waals surface area contributed by atoms with E-state index in [1.54, 1.807) is 67.3 Å². The van der Waals surface area contributed by atoms with Crippen molar-refractivity contribution >= 4 is 47.7 Å². The van der Waals surface area contributed by atoms with Crippen molar-refractivity contribution in [1.29, 1.82) is 0 Å². The number of phenolic OH excluding ortho intramolecular Hbond substituents is 2. The molecule has 0 atom stereocenters. The van der Waals surface area contributed by atoms with Gasteiger partial charge in [0, 0.05) is 36.7 Å². The Balaban J connectivity index is 0.000000179. The number of phenols is 2. The molecule has 0 saturated heterocycles. The van der Waals surface area contributed by atoms with Crippen LogP contribution in [0.25, 0.3) is 0 Å². The zero-order chi connectivity index (χ0) is 45.3. The third kappa shape index (κ3) is 13.8. The van der Waals surface area contributed by atoms with Crippen molar-refractivity contribution < 1.29 is 63.9 Å². The summed E-state index contributed by atoms with van der Waals surface area (Å²) in [5.41, 5.74) is 1.35. The number of halogens is 8. The monoisotopic (exact) mass is 1070 g/mol. The Kier molecular flexibility index (Phi) is 18.3. The second-order valence-corrected chi connectivity index (χ2v) is 18.8. The van der Waals surface area contributed by atoms with E-state index in [-0.39, 0.29) is 32.7 Å². The first-order valence-corrected chi connectivity index (χ1v) is 23.1. The molecule has 0 bridgehead atoms. The minimum atomic E-state index is -2.33. The Labute approximate surface area is 371 Å². The molecule has 0 aliphatic rings. The van der Waals surface area contributed by atoms with E-state index < -0.39 is 62.4 Å². The van der Waals surface area contributed by atoms with E-state index in [2.05, 4.69) is 33.5 Å². The first kappa shape index (κ1) is 48.1. The summed E-state index contributed by atoms with van der Waals surface area (Å²) in [7, 11) is -4.67. The van der Waals surface area contributed by atoms with Crippen LogP contribution in [0, 0.1) is 50.8 Å². The first-order valence-electron chi connectivity index (χ1n) is 18.7. The number of hydrogen-bond acceptors (Lipinski definition) is 3. The molecule has 0 saturated carbocycles. The molecule has 0 aliphatic heterocycles. The van der Waals surface area contributed by atoms with Gasteiger partial charge in [0.2, 0.25) is 0 Å². The molecule has 7 aromatic carbocycles. The van der Waals surface area contributed by atoms with Gasteiger partial charge >= 0.3 is 65.2 Å². The smallest absolute Gasteiger partial charge is 0.0267 e. The van der Waals surface area contributed by atoms with Crippen molar-refractivity contribution in [2.24, 2.45) is 0 Å². The second kappa shape index (κ2) is 24.0. The van der Waals surface area contributed by atoms with Gasteiger partial charge in [-0.25, -0.2) is 35.1 Å². The molecule has 0 spiro atoms. The summed E-state index contributed by atoms with van der Waals surface area (Å²) < 4.78 is 113. The number of hydrogen-bond donors (Lipinski definition) is 2. The summed E-state index contributed by atoms with van der Waals surface area (Å²) >= 11 is 1.60. The molecule has 0 fully saturated rings. The van der Waals surface area contributed by atoms with Crippen LogP contribution < -0.4 is 31.8 Å². The maximum absolute atomic E-state index is 14.3. The number of rotatable bonds is 7. The molecule has 1 heterocycles. The third-order valence-electron chi connectivity index (χ3n) is 8.83. The Bertz CT molecular complexity index is 2500. The van der Waals surface area contributed by atoms with Gasteiger partial charge in [-0.15, -0.1) is 0 Å². The van der Waals surface area contributed by atoms with Gasteiger partial charge in [0.15, 0.2) is 34.8 Å². The fourth-order valence-electron chi connectivity index (χ4n) is 6.00. The maximum atomic E-state index is 14.3. The van der Waals surface area contributed by atoms with Gasteiger partial charge in [0.1, 0.15) is 70.9 Å². The van der Waals surface area contributed by atoms with E-state index in [1.807, 2.05) is 24.3 Å². The Morgan fingerprint density at radius 1 is 0.397 bits per heavy atom. The summed E-state index contributed by atoms with van der Waals surface area (Å²) in [5, 5.41) is 21.2. The quantitative estimate of drug-likeness (QED) is 0.124. The molecule has 320 valence electrons. The van der Waals surface area contributed by atoms with Gasteiger partial charge in [-0.05, 0) is 84.9 Å². The normalized spacial score (nSPS) is 10.4. The molecule has 8 rings (SSSR count). The first-order chi connectivity index (χ1) is 30.4. The summed E-state index contributed by atoms with van der Waals surface area (Å²) in [4.78, 5) is 3.78. The Morgan fingerprint density at radius 3 is 0.984 bits per heavy atom. The number of para-hydroxylation sites is 2. The molecule has 0 amide bonds. The van der Waals surface area contributed by atoms with E-state index in [1.165, 1.54) is 42.0 Å². The minimum Gasteiger partial charge on any atom is -0.265 e. The number of pyridine rings is 1. The number of aromatic nitrogens is 1. The molecular weight excluding hydrogens is 1030 g/mol. The van der Waals surface area contributed by atoms with Crippen molar-refractivity contribution in [2.45, 2.75) is 6.42 Å². The molecule has 14 heteroatoms. The van der Waals surface area contributed by atoms with Crippen LogP contribution in [0.4, 0.5) is 35.1 Å². The summed E-state index contributed by atoms with van der Waals surface area (Å²) in [6.07, 6.45) is 4.48. The summed E-state index contributed by atoms with van der Waals surface area (Å²) in [5.74, 6) is -6.62. The van der Waals surface area contributed by atoms with Crippen LogP contribution in [0.5, 0.6) is 11.5 Å². The van der Waals surface area contributed by atoms with Gasteiger partial charge in [0.25, 0.3) is 0 Å². The number of aromatic hydroxyl groups is 2. The van der Waals surface area contributed by atoms with Crippen LogP contribution in [0.3, 0.4) is 0 Å². The molecule has 1 aromatic heterocycles. The van der Waals surface area contributed by atoms with E-state index in [0.717, 1.165) is 30.7 Å². The average molecular weight is 1070 g/mol. The van der Waals surface area contributed by atoms with Gasteiger partial charge in [-0.1, -0.05) is 30.3 Å². The topological polar surface area (TPSA) is 53.4 Å². The van der Waals surface area contributed by atoms with Crippen LogP contribution in [0.1, 0.15) is 5.56 Å².